The minimum Gasteiger partial charge on any atom is -0.467 e. The summed E-state index contributed by atoms with van der Waals surface area (Å²) in [4.78, 5) is 39.3. The fraction of sp³-hybridized carbons (Fsp3) is 0.348. The van der Waals surface area contributed by atoms with E-state index in [4.69, 9.17) is 32.7 Å². The first-order valence-electron chi connectivity index (χ1n) is 10.2. The van der Waals surface area contributed by atoms with Crippen molar-refractivity contribution in [3.63, 3.8) is 0 Å². The molecule has 7 nitrogen and oxygen atoms in total. The van der Waals surface area contributed by atoms with Crippen LogP contribution >= 0.6 is 23.2 Å². The van der Waals surface area contributed by atoms with Crippen LogP contribution in [0.2, 0.25) is 10.0 Å². The minimum absolute atomic E-state index is 0.0576. The van der Waals surface area contributed by atoms with Crippen molar-refractivity contribution in [1.82, 2.24) is 10.2 Å². The first-order valence-corrected chi connectivity index (χ1v) is 10.9. The molecule has 0 radical (unpaired) electrons. The van der Waals surface area contributed by atoms with Gasteiger partial charge in [0.1, 0.15) is 18.7 Å². The molecule has 1 saturated heterocycles. The van der Waals surface area contributed by atoms with Gasteiger partial charge < -0.3 is 14.8 Å². The molecular formula is C23H24Cl2N2O5. The summed E-state index contributed by atoms with van der Waals surface area (Å²) in [5, 5.41) is 3.46. The maximum atomic E-state index is 13.0. The molecule has 0 aliphatic carbocycles. The maximum absolute atomic E-state index is 13.0. The van der Waals surface area contributed by atoms with Gasteiger partial charge in [0.25, 0.3) is 0 Å². The van der Waals surface area contributed by atoms with Crippen LogP contribution in [-0.2, 0) is 32.1 Å². The highest BCUT2D eigenvalue weighted by Crippen LogP contribution is 2.26. The van der Waals surface area contributed by atoms with Crippen LogP contribution in [0.15, 0.2) is 48.5 Å². The molecule has 0 saturated carbocycles. The van der Waals surface area contributed by atoms with Crippen molar-refractivity contribution in [2.24, 2.45) is 0 Å². The third kappa shape index (κ3) is 5.93. The van der Waals surface area contributed by atoms with Crippen LogP contribution < -0.4 is 5.32 Å². The molecule has 3 rings (SSSR count). The first-order chi connectivity index (χ1) is 15.4. The second kappa shape index (κ2) is 11.2. The van der Waals surface area contributed by atoms with E-state index in [-0.39, 0.29) is 13.0 Å². The number of methoxy groups -OCH3 is 1. The Bertz CT molecular complexity index is 950. The predicted octanol–water partition coefficient (Wildman–Crippen LogP) is 3.99. The molecule has 2 atom stereocenters. The van der Waals surface area contributed by atoms with E-state index < -0.39 is 30.1 Å². The van der Waals surface area contributed by atoms with Crippen molar-refractivity contribution in [3.05, 3.63) is 69.7 Å². The molecule has 2 amide bonds. The summed E-state index contributed by atoms with van der Waals surface area (Å²) in [5.74, 6) is -1.09. The quantitative estimate of drug-likeness (QED) is 0.607. The van der Waals surface area contributed by atoms with Gasteiger partial charge >= 0.3 is 12.1 Å². The molecular weight excluding hydrogens is 455 g/mol. The summed E-state index contributed by atoms with van der Waals surface area (Å²) >= 11 is 12.4. The van der Waals surface area contributed by atoms with E-state index in [9.17, 15) is 14.4 Å². The van der Waals surface area contributed by atoms with Gasteiger partial charge in [0, 0.05) is 23.0 Å². The Labute approximate surface area is 196 Å². The largest absolute Gasteiger partial charge is 0.467 e. The van der Waals surface area contributed by atoms with Gasteiger partial charge in [0.15, 0.2) is 0 Å². The molecule has 32 heavy (non-hydrogen) atoms. The maximum Gasteiger partial charge on any atom is 0.410 e. The molecule has 2 aromatic carbocycles. The van der Waals surface area contributed by atoms with Crippen LogP contribution in [0.25, 0.3) is 0 Å². The van der Waals surface area contributed by atoms with E-state index in [2.05, 4.69) is 5.32 Å². The zero-order valence-corrected chi connectivity index (χ0v) is 19.1. The zero-order chi connectivity index (χ0) is 23.1. The Morgan fingerprint density at radius 1 is 1.09 bits per heavy atom. The second-order valence-electron chi connectivity index (χ2n) is 7.38. The van der Waals surface area contributed by atoms with Crippen molar-refractivity contribution >= 4 is 41.2 Å². The number of nitrogens with zero attached hydrogens (tertiary/aromatic N) is 1. The minimum atomic E-state index is -1.01. The van der Waals surface area contributed by atoms with Crippen LogP contribution in [0.1, 0.15) is 24.0 Å². The highest BCUT2D eigenvalue weighted by Gasteiger charge is 2.37. The standard InChI is InChI=1S/C23H24Cl2N2O5/c1-31-22(29)19(13-16-17(24)9-5-10-18(16)25)26-21(28)20-11-6-12-27(20)23(30)32-14-15-7-3-2-4-8-15/h2-5,7-10,19-20H,6,11-14H2,1H3,(H,26,28)/t19-,20+/m0/s1. The lowest BCUT2D eigenvalue weighted by Gasteiger charge is -2.25. The number of esters is 1. The normalized spacial score (nSPS) is 16.3. The number of likely N-dealkylation sites (tertiary alicyclic amines) is 1. The number of carbonyl (C=O) groups excluding carboxylic acids is 3. The zero-order valence-electron chi connectivity index (χ0n) is 17.6. The molecule has 170 valence electrons. The van der Waals surface area contributed by atoms with E-state index in [1.807, 2.05) is 30.3 Å². The van der Waals surface area contributed by atoms with Crippen LogP contribution in [0, 0.1) is 0 Å². The molecule has 1 fully saturated rings. The highest BCUT2D eigenvalue weighted by atomic mass is 35.5. The Morgan fingerprint density at radius 3 is 2.44 bits per heavy atom. The van der Waals surface area contributed by atoms with Crippen molar-refractivity contribution in [1.29, 1.82) is 0 Å². The van der Waals surface area contributed by atoms with Gasteiger partial charge in [-0.25, -0.2) is 9.59 Å². The van der Waals surface area contributed by atoms with E-state index in [0.717, 1.165) is 5.56 Å². The van der Waals surface area contributed by atoms with Crippen LogP contribution in [0.4, 0.5) is 4.79 Å². The Morgan fingerprint density at radius 2 is 1.78 bits per heavy atom. The van der Waals surface area contributed by atoms with E-state index in [1.54, 1.807) is 18.2 Å². The summed E-state index contributed by atoms with van der Waals surface area (Å²) in [5.41, 5.74) is 1.38. The summed E-state index contributed by atoms with van der Waals surface area (Å²) in [6, 6.07) is 12.5. The van der Waals surface area contributed by atoms with Crippen molar-refractivity contribution in [2.45, 2.75) is 38.0 Å². The van der Waals surface area contributed by atoms with E-state index in [0.29, 0.717) is 35.0 Å². The average molecular weight is 479 g/mol. The van der Waals surface area contributed by atoms with Gasteiger partial charge in [-0.05, 0) is 36.1 Å². The number of hydrogen-bond acceptors (Lipinski definition) is 5. The van der Waals surface area contributed by atoms with Gasteiger partial charge in [-0.3, -0.25) is 9.69 Å². The number of amides is 2. The summed E-state index contributed by atoms with van der Waals surface area (Å²) in [6.07, 6.45) is 0.600. The third-order valence-corrected chi connectivity index (χ3v) is 5.98. The first kappa shape index (κ1) is 23.9. The second-order valence-corrected chi connectivity index (χ2v) is 8.19. The Balaban J connectivity index is 1.66. The number of nitrogens with one attached hydrogen (secondary N) is 1. The lowest BCUT2D eigenvalue weighted by Crippen LogP contribution is -2.51. The van der Waals surface area contributed by atoms with E-state index >= 15 is 0 Å². The van der Waals surface area contributed by atoms with Crippen LogP contribution in [0.3, 0.4) is 0 Å². The van der Waals surface area contributed by atoms with E-state index in [1.165, 1.54) is 12.0 Å². The Kier molecular flexibility index (Phi) is 8.36. The van der Waals surface area contributed by atoms with Crippen molar-refractivity contribution in [2.75, 3.05) is 13.7 Å². The molecule has 2 aromatic rings. The van der Waals surface area contributed by atoms with Gasteiger partial charge in [0.05, 0.1) is 7.11 Å². The highest BCUT2D eigenvalue weighted by molar-refractivity contribution is 6.36. The van der Waals surface area contributed by atoms with Gasteiger partial charge in [0.2, 0.25) is 5.91 Å². The predicted molar refractivity (Wildman–Crippen MR) is 120 cm³/mol. The summed E-state index contributed by atoms with van der Waals surface area (Å²) in [7, 11) is 1.23. The topological polar surface area (TPSA) is 84.9 Å². The number of hydrogen-bond donors (Lipinski definition) is 1. The monoisotopic (exact) mass is 478 g/mol. The fourth-order valence-corrected chi connectivity index (χ4v) is 4.15. The van der Waals surface area contributed by atoms with Gasteiger partial charge in [-0.2, -0.15) is 0 Å². The number of rotatable bonds is 7. The molecule has 0 bridgehead atoms. The molecule has 1 aliphatic rings. The average Bonchev–Trinajstić information content (AvgIpc) is 3.29. The molecule has 0 aromatic heterocycles. The van der Waals surface area contributed by atoms with Crippen molar-refractivity contribution < 1.29 is 23.9 Å². The summed E-state index contributed by atoms with van der Waals surface area (Å²) in [6.45, 7) is 0.505. The summed E-state index contributed by atoms with van der Waals surface area (Å²) < 4.78 is 10.2. The number of carbonyl (C=O) groups is 3. The smallest absolute Gasteiger partial charge is 0.410 e. The molecule has 1 aliphatic heterocycles. The molecule has 0 unspecified atom stereocenters. The van der Waals surface area contributed by atoms with Gasteiger partial charge in [-0.15, -0.1) is 0 Å². The molecule has 0 spiro atoms. The molecule has 9 heteroatoms. The molecule has 1 N–H and O–H groups in total. The van der Waals surface area contributed by atoms with Crippen LogP contribution in [0.5, 0.6) is 0 Å². The van der Waals surface area contributed by atoms with Crippen LogP contribution in [-0.4, -0.2) is 48.6 Å². The molecule has 1 heterocycles. The number of halogens is 2. The van der Waals surface area contributed by atoms with Gasteiger partial charge in [-0.1, -0.05) is 59.6 Å². The third-order valence-electron chi connectivity index (χ3n) is 5.27. The van der Waals surface area contributed by atoms with Crippen molar-refractivity contribution in [3.8, 4) is 0 Å². The number of ether oxygens (including phenoxy) is 2. The fourth-order valence-electron chi connectivity index (χ4n) is 3.59. The Hall–Kier alpha value is -2.77. The SMILES string of the molecule is COC(=O)[C@H](Cc1c(Cl)cccc1Cl)NC(=O)[C@H]1CCCN1C(=O)OCc1ccccc1. The lowest BCUT2D eigenvalue weighted by atomic mass is 10.0. The number of benzene rings is 2. The lowest BCUT2D eigenvalue weighted by molar-refractivity contribution is -0.145.